The minimum absolute atomic E-state index is 0.0320. The van der Waals surface area contributed by atoms with E-state index in [9.17, 15) is 25.0 Å². The topological polar surface area (TPSA) is 115 Å². The molecule has 0 aliphatic rings. The normalized spacial score (nSPS) is 10.3. The summed E-state index contributed by atoms with van der Waals surface area (Å²) in [5.74, 6) is 4.94. The number of hydrogen-bond donors (Lipinski definition) is 1. The molecule has 22 heavy (non-hydrogen) atoms. The lowest BCUT2D eigenvalue weighted by Gasteiger charge is -2.07. The first-order valence-electron chi connectivity index (χ1n) is 6.33. The van der Waals surface area contributed by atoms with Crippen LogP contribution in [0.5, 0.6) is 0 Å². The van der Waals surface area contributed by atoms with Crippen LogP contribution in [0, 0.1) is 37.5 Å². The number of rotatable bonds is 4. The maximum atomic E-state index is 11.9. The second-order valence-corrected chi connectivity index (χ2v) is 5.45. The summed E-state index contributed by atoms with van der Waals surface area (Å²) in [6, 6.07) is 2.86. The van der Waals surface area contributed by atoms with E-state index in [-0.39, 0.29) is 17.5 Å². The van der Waals surface area contributed by atoms with Crippen LogP contribution in [0.4, 0.5) is 11.4 Å². The van der Waals surface area contributed by atoms with Crippen LogP contribution in [0.25, 0.3) is 0 Å². The smallest absolute Gasteiger partial charge is 0.289 e. The molecule has 0 aliphatic heterocycles. The average Bonchev–Trinajstić information content (AvgIpc) is 2.41. The monoisotopic (exact) mass is 305 g/mol. The van der Waals surface area contributed by atoms with E-state index in [0.717, 1.165) is 18.2 Å². The molecule has 1 N–H and O–H groups in total. The van der Waals surface area contributed by atoms with Crippen molar-refractivity contribution in [1.82, 2.24) is 5.32 Å². The summed E-state index contributed by atoms with van der Waals surface area (Å²) in [5, 5.41) is 24.0. The summed E-state index contributed by atoms with van der Waals surface area (Å²) >= 11 is 0. The van der Waals surface area contributed by atoms with Gasteiger partial charge in [0, 0.05) is 11.5 Å². The highest BCUT2D eigenvalue weighted by molar-refractivity contribution is 5.98. The Morgan fingerprint density at radius 1 is 1.23 bits per heavy atom. The molecule has 1 rings (SSSR count). The number of amides is 1. The van der Waals surface area contributed by atoms with Crippen molar-refractivity contribution in [2.45, 2.75) is 20.8 Å². The molecule has 0 aromatic heterocycles. The van der Waals surface area contributed by atoms with Crippen molar-refractivity contribution in [3.8, 4) is 11.8 Å². The van der Waals surface area contributed by atoms with Crippen molar-refractivity contribution in [2.75, 3.05) is 6.54 Å². The van der Waals surface area contributed by atoms with Gasteiger partial charge in [-0.05, 0) is 26.8 Å². The lowest BCUT2D eigenvalue weighted by Crippen LogP contribution is -2.24. The lowest BCUT2D eigenvalue weighted by atomic mass is 9.98. The lowest BCUT2D eigenvalue weighted by molar-refractivity contribution is -0.394. The molecular weight excluding hydrogens is 290 g/mol. The van der Waals surface area contributed by atoms with Gasteiger partial charge < -0.3 is 5.32 Å². The molecule has 8 heteroatoms. The number of carbonyl (C=O) groups excluding carboxylic acids is 1. The third-order valence-corrected chi connectivity index (χ3v) is 2.43. The van der Waals surface area contributed by atoms with Crippen LogP contribution in [0.1, 0.15) is 31.1 Å². The van der Waals surface area contributed by atoms with Crippen molar-refractivity contribution >= 4 is 17.3 Å². The Hall–Kier alpha value is -2.95. The Morgan fingerprint density at radius 2 is 1.86 bits per heavy atom. The Bertz CT molecular complexity index is 680. The second kappa shape index (κ2) is 6.67. The van der Waals surface area contributed by atoms with Gasteiger partial charge in [-0.15, -0.1) is 0 Å². The largest absolute Gasteiger partial charge is 0.341 e. The minimum Gasteiger partial charge on any atom is -0.341 e. The van der Waals surface area contributed by atoms with Crippen molar-refractivity contribution in [3.05, 3.63) is 44.0 Å². The second-order valence-electron chi connectivity index (χ2n) is 5.45. The number of hydrogen-bond acceptors (Lipinski definition) is 5. The van der Waals surface area contributed by atoms with E-state index in [0.29, 0.717) is 0 Å². The number of nitro groups is 2. The summed E-state index contributed by atoms with van der Waals surface area (Å²) in [5.41, 5.74) is -1.52. The first kappa shape index (κ1) is 17.1. The predicted octanol–water partition coefficient (Wildman–Crippen LogP) is 2.28. The third-order valence-electron chi connectivity index (χ3n) is 2.43. The molecule has 0 aliphatic carbocycles. The Morgan fingerprint density at radius 3 is 2.36 bits per heavy atom. The van der Waals surface area contributed by atoms with Crippen LogP contribution in [0.3, 0.4) is 0 Å². The maximum absolute atomic E-state index is 11.9. The Labute approximate surface area is 126 Å². The first-order valence-corrected chi connectivity index (χ1v) is 6.33. The summed E-state index contributed by atoms with van der Waals surface area (Å²) in [6.45, 7) is 5.75. The van der Waals surface area contributed by atoms with E-state index in [1.54, 1.807) is 0 Å². The molecule has 0 spiro atoms. The van der Waals surface area contributed by atoms with E-state index < -0.39 is 27.1 Å². The van der Waals surface area contributed by atoms with Crippen LogP contribution in [0.15, 0.2) is 18.2 Å². The molecule has 0 fully saturated rings. The third kappa shape index (κ3) is 4.86. The molecule has 0 heterocycles. The van der Waals surface area contributed by atoms with Gasteiger partial charge in [0.15, 0.2) is 0 Å². The highest BCUT2D eigenvalue weighted by Crippen LogP contribution is 2.24. The number of non-ortho nitro benzene ring substituents is 1. The molecule has 0 radical (unpaired) electrons. The molecule has 0 saturated heterocycles. The van der Waals surface area contributed by atoms with Crippen molar-refractivity contribution in [1.29, 1.82) is 0 Å². The molecule has 0 bridgehead atoms. The van der Waals surface area contributed by atoms with Gasteiger partial charge >= 0.3 is 0 Å². The number of nitro benzene ring substituents is 2. The quantitative estimate of drug-likeness (QED) is 0.520. The van der Waals surface area contributed by atoms with Crippen molar-refractivity contribution in [2.24, 2.45) is 5.41 Å². The van der Waals surface area contributed by atoms with Gasteiger partial charge in [0.1, 0.15) is 5.56 Å². The van der Waals surface area contributed by atoms with Crippen molar-refractivity contribution in [3.63, 3.8) is 0 Å². The van der Waals surface area contributed by atoms with Crippen molar-refractivity contribution < 1.29 is 14.6 Å². The van der Waals surface area contributed by atoms with Gasteiger partial charge in [0.25, 0.3) is 17.3 Å². The zero-order chi connectivity index (χ0) is 16.9. The van der Waals surface area contributed by atoms with Gasteiger partial charge in [-0.3, -0.25) is 25.0 Å². The molecule has 0 atom stereocenters. The van der Waals surface area contributed by atoms with E-state index in [2.05, 4.69) is 17.2 Å². The molecule has 0 saturated carbocycles. The average molecular weight is 305 g/mol. The molecule has 0 unspecified atom stereocenters. The van der Waals surface area contributed by atoms with Crippen LogP contribution < -0.4 is 5.32 Å². The number of nitrogens with zero attached hydrogens (tertiary/aromatic N) is 2. The fraction of sp³-hybridized carbons (Fsp3) is 0.357. The molecule has 8 nitrogen and oxygen atoms in total. The molecule has 1 aromatic rings. The van der Waals surface area contributed by atoms with E-state index in [1.165, 1.54) is 0 Å². The summed E-state index contributed by atoms with van der Waals surface area (Å²) in [6.07, 6.45) is 0. The highest BCUT2D eigenvalue weighted by Gasteiger charge is 2.23. The summed E-state index contributed by atoms with van der Waals surface area (Å²) in [4.78, 5) is 31.9. The molecule has 1 amide bonds. The zero-order valence-corrected chi connectivity index (χ0v) is 12.4. The SMILES string of the molecule is CC(C)(C)C#CCNC(=O)c1ccc([N+](=O)[O-])cc1[N+](=O)[O-]. The van der Waals surface area contributed by atoms with E-state index >= 15 is 0 Å². The van der Waals surface area contributed by atoms with Gasteiger partial charge in [-0.2, -0.15) is 0 Å². The molecule has 116 valence electrons. The van der Waals surface area contributed by atoms with Gasteiger partial charge in [0.2, 0.25) is 0 Å². The van der Waals surface area contributed by atoms with Crippen LogP contribution >= 0.6 is 0 Å². The van der Waals surface area contributed by atoms with Gasteiger partial charge in [-0.1, -0.05) is 11.8 Å². The van der Waals surface area contributed by atoms with Crippen LogP contribution in [0.2, 0.25) is 0 Å². The minimum atomic E-state index is -0.831. The Balaban J connectivity index is 2.95. The number of benzene rings is 1. The van der Waals surface area contributed by atoms with Gasteiger partial charge in [-0.25, -0.2) is 0 Å². The molecular formula is C14H15N3O5. The predicted molar refractivity (Wildman–Crippen MR) is 79.3 cm³/mol. The fourth-order valence-corrected chi connectivity index (χ4v) is 1.51. The Kier molecular flexibility index (Phi) is 5.18. The van der Waals surface area contributed by atoms with E-state index in [4.69, 9.17) is 0 Å². The van der Waals surface area contributed by atoms with Crippen LogP contribution in [-0.2, 0) is 0 Å². The van der Waals surface area contributed by atoms with Crippen LogP contribution in [-0.4, -0.2) is 22.3 Å². The molecule has 1 aromatic carbocycles. The van der Waals surface area contributed by atoms with E-state index in [1.807, 2.05) is 20.8 Å². The summed E-state index contributed by atoms with van der Waals surface area (Å²) in [7, 11) is 0. The van der Waals surface area contributed by atoms with Gasteiger partial charge in [0.05, 0.1) is 22.5 Å². The number of nitrogens with one attached hydrogen (secondary N) is 1. The first-order chi connectivity index (χ1) is 10.1. The standard InChI is InChI=1S/C14H15N3O5/c1-14(2,3)7-4-8-15-13(18)11-6-5-10(16(19)20)9-12(11)17(21)22/h5-6,9H,8H2,1-3H3,(H,15,18). The number of carbonyl (C=O) groups is 1. The maximum Gasteiger partial charge on any atom is 0.289 e. The highest BCUT2D eigenvalue weighted by atomic mass is 16.6. The summed E-state index contributed by atoms with van der Waals surface area (Å²) < 4.78 is 0. The zero-order valence-electron chi connectivity index (χ0n) is 12.4. The fourth-order valence-electron chi connectivity index (χ4n) is 1.51.